The third kappa shape index (κ3) is 4.75. The lowest BCUT2D eigenvalue weighted by molar-refractivity contribution is 0.913. The van der Waals surface area contributed by atoms with Crippen molar-refractivity contribution >= 4 is 110 Å². The van der Waals surface area contributed by atoms with Gasteiger partial charge < -0.3 is 0 Å². The summed E-state index contributed by atoms with van der Waals surface area (Å²) in [5.74, 6) is 1.07. The third-order valence-electron chi connectivity index (χ3n) is 11.8. The number of para-hydroxylation sites is 2. The lowest BCUT2D eigenvalue weighted by atomic mass is 9.59. The Hall–Kier alpha value is -5.67. The smallest absolute Gasteiger partial charge is 0.139 e. The molecule has 0 N–H and O–H groups in total. The zero-order chi connectivity index (χ0) is 35.7. The first kappa shape index (κ1) is 32.3. The monoisotopic (exact) mass is 660 g/mol. The number of fused-ring (bicyclic) bond motifs is 4. The quantitative estimate of drug-likeness (QED) is 0.205. The van der Waals surface area contributed by atoms with Crippen LogP contribution in [0.25, 0.3) is 82.4 Å². The molecule has 242 valence electrons. The Bertz CT molecular complexity index is 2820. The fraction of sp³-hybridized carbons (Fsp3) is 0.0444. The van der Waals surface area contributed by atoms with Gasteiger partial charge in [0.25, 0.3) is 0 Å². The largest absolute Gasteiger partial charge is 0.296 e. The summed E-state index contributed by atoms with van der Waals surface area (Å²) in [6, 6.07) is 49.2. The van der Waals surface area contributed by atoms with E-state index in [0.717, 1.165) is 23.3 Å². The maximum Gasteiger partial charge on any atom is 0.139 e. The maximum atomic E-state index is 5.03. The lowest BCUT2D eigenvalue weighted by Gasteiger charge is -2.24. The Morgan fingerprint density at radius 3 is 1.44 bits per heavy atom. The Labute approximate surface area is 310 Å². The van der Waals surface area contributed by atoms with Crippen LogP contribution in [0.3, 0.4) is 0 Å². The van der Waals surface area contributed by atoms with Crippen LogP contribution >= 0.6 is 0 Å². The van der Waals surface area contributed by atoms with Gasteiger partial charge in [-0.25, -0.2) is 4.98 Å². The number of hydrogen-bond donors (Lipinski definition) is 0. The second kappa shape index (κ2) is 12.5. The van der Waals surface area contributed by atoms with Gasteiger partial charge in [-0.1, -0.05) is 133 Å². The highest BCUT2D eigenvalue weighted by atomic mass is 15.1. The number of aromatic nitrogens is 2. The first-order chi connectivity index (χ1) is 25.4. The third-order valence-corrected chi connectivity index (χ3v) is 11.8. The number of nitrogens with zero attached hydrogens (tertiary/aromatic N) is 2. The standard InChI is InChI=1S/C45H37B5N2/c1-2-37-51-34-21-11-12-22-36(34)52(37)35-24-23-33(25-13-3-4-14-26(25)35)39-29-17-7-5-15-27(29)38(28-16-6-8-18-30(28)39)31-19-9-10-20-32(31)40-41(46)43(48)45(50)44(49)42(40)47/h3-24H,2,46-50H2,1H3. The summed E-state index contributed by atoms with van der Waals surface area (Å²) < 4.78 is 2.36. The number of rotatable bonds is 5. The van der Waals surface area contributed by atoms with Gasteiger partial charge in [-0.2, -0.15) is 0 Å². The molecule has 52 heavy (non-hydrogen) atoms. The Balaban J connectivity index is 1.36. The molecule has 0 atom stereocenters. The molecule has 8 aromatic carbocycles. The summed E-state index contributed by atoms with van der Waals surface area (Å²) in [6.07, 6.45) is 0.851. The van der Waals surface area contributed by atoms with Gasteiger partial charge in [-0.3, -0.25) is 4.57 Å². The first-order valence-electron chi connectivity index (χ1n) is 18.5. The predicted molar refractivity (Wildman–Crippen MR) is 240 cm³/mol. The van der Waals surface area contributed by atoms with E-state index in [2.05, 4.69) is 184 Å². The minimum atomic E-state index is 0.851. The van der Waals surface area contributed by atoms with Gasteiger partial charge in [0.05, 0.1) is 16.7 Å². The van der Waals surface area contributed by atoms with E-state index in [1.165, 1.54) is 98.7 Å². The van der Waals surface area contributed by atoms with Crippen LogP contribution in [-0.4, -0.2) is 48.8 Å². The van der Waals surface area contributed by atoms with Gasteiger partial charge in [0.1, 0.15) is 45.1 Å². The van der Waals surface area contributed by atoms with E-state index in [4.69, 9.17) is 4.98 Å². The number of aryl methyl sites for hydroxylation is 1. The van der Waals surface area contributed by atoms with Crippen LogP contribution in [0.5, 0.6) is 0 Å². The highest BCUT2D eigenvalue weighted by Gasteiger charge is 2.23. The topological polar surface area (TPSA) is 17.8 Å². The molecule has 1 aromatic heterocycles. The number of benzene rings is 8. The van der Waals surface area contributed by atoms with Crippen molar-refractivity contribution in [3.8, 4) is 39.1 Å². The minimum Gasteiger partial charge on any atom is -0.296 e. The van der Waals surface area contributed by atoms with E-state index >= 15 is 0 Å². The molecule has 9 rings (SSSR count). The Morgan fingerprint density at radius 2 is 0.865 bits per heavy atom. The van der Waals surface area contributed by atoms with Crippen molar-refractivity contribution in [1.29, 1.82) is 0 Å². The summed E-state index contributed by atoms with van der Waals surface area (Å²) in [5, 5.41) is 7.51. The van der Waals surface area contributed by atoms with Crippen LogP contribution in [-0.2, 0) is 6.42 Å². The van der Waals surface area contributed by atoms with E-state index in [1.54, 1.807) is 0 Å². The molecule has 0 saturated heterocycles. The second-order valence-corrected chi connectivity index (χ2v) is 14.3. The van der Waals surface area contributed by atoms with E-state index in [1.807, 2.05) is 0 Å². The molecular weight excluding hydrogens is 623 g/mol. The molecule has 0 bridgehead atoms. The van der Waals surface area contributed by atoms with Crippen molar-refractivity contribution < 1.29 is 0 Å². The highest BCUT2D eigenvalue weighted by Crippen LogP contribution is 2.47. The summed E-state index contributed by atoms with van der Waals surface area (Å²) in [6.45, 7) is 2.19. The molecule has 0 amide bonds. The number of imidazole rings is 1. The van der Waals surface area contributed by atoms with Crippen molar-refractivity contribution in [1.82, 2.24) is 9.55 Å². The highest BCUT2D eigenvalue weighted by molar-refractivity contribution is 6.68. The molecular formula is C45H37B5N2. The van der Waals surface area contributed by atoms with E-state index < -0.39 is 0 Å². The van der Waals surface area contributed by atoms with Crippen LogP contribution in [0, 0.1) is 0 Å². The zero-order valence-electron chi connectivity index (χ0n) is 30.8. The predicted octanol–water partition coefficient (Wildman–Crippen LogP) is 3.34. The van der Waals surface area contributed by atoms with E-state index in [9.17, 15) is 0 Å². The fourth-order valence-corrected chi connectivity index (χ4v) is 8.81. The molecule has 1 heterocycles. The second-order valence-electron chi connectivity index (χ2n) is 14.3. The molecule has 9 aromatic rings. The van der Waals surface area contributed by atoms with Gasteiger partial charge >= 0.3 is 0 Å². The van der Waals surface area contributed by atoms with Gasteiger partial charge in [-0.05, 0) is 78.5 Å². The normalized spacial score (nSPS) is 11.6. The van der Waals surface area contributed by atoms with Gasteiger partial charge in [0, 0.05) is 11.8 Å². The van der Waals surface area contributed by atoms with Crippen LogP contribution in [0.2, 0.25) is 0 Å². The molecule has 0 fully saturated rings. The summed E-state index contributed by atoms with van der Waals surface area (Å²) in [4.78, 5) is 5.03. The maximum absolute atomic E-state index is 5.03. The van der Waals surface area contributed by atoms with Crippen molar-refractivity contribution in [3.05, 3.63) is 139 Å². The van der Waals surface area contributed by atoms with Crippen molar-refractivity contribution in [2.45, 2.75) is 13.3 Å². The molecule has 0 saturated carbocycles. The van der Waals surface area contributed by atoms with Crippen molar-refractivity contribution in [2.24, 2.45) is 0 Å². The van der Waals surface area contributed by atoms with E-state index in [-0.39, 0.29) is 0 Å². The molecule has 0 aliphatic rings. The molecule has 0 radical (unpaired) electrons. The van der Waals surface area contributed by atoms with Crippen LogP contribution in [0.4, 0.5) is 0 Å². The van der Waals surface area contributed by atoms with Crippen LogP contribution < -0.4 is 27.3 Å². The van der Waals surface area contributed by atoms with Crippen LogP contribution in [0.1, 0.15) is 12.7 Å². The van der Waals surface area contributed by atoms with Crippen molar-refractivity contribution in [3.63, 3.8) is 0 Å². The Kier molecular flexibility index (Phi) is 7.77. The van der Waals surface area contributed by atoms with Crippen LogP contribution in [0.15, 0.2) is 133 Å². The molecule has 7 heteroatoms. The van der Waals surface area contributed by atoms with Gasteiger partial charge in [0.15, 0.2) is 0 Å². The summed E-state index contributed by atoms with van der Waals surface area (Å²) in [5.41, 5.74) is 17.9. The Morgan fingerprint density at radius 1 is 0.423 bits per heavy atom. The molecule has 0 spiro atoms. The van der Waals surface area contributed by atoms with E-state index in [0.29, 0.717) is 0 Å². The summed E-state index contributed by atoms with van der Waals surface area (Å²) >= 11 is 0. The van der Waals surface area contributed by atoms with Crippen molar-refractivity contribution in [2.75, 3.05) is 0 Å². The molecule has 0 aliphatic carbocycles. The lowest BCUT2D eigenvalue weighted by Crippen LogP contribution is -2.55. The average molecular weight is 660 g/mol. The molecule has 0 unspecified atom stereocenters. The first-order valence-corrected chi connectivity index (χ1v) is 18.5. The zero-order valence-corrected chi connectivity index (χ0v) is 30.8. The minimum absolute atomic E-state index is 0.851. The summed E-state index contributed by atoms with van der Waals surface area (Å²) in [7, 11) is 11.4. The fourth-order valence-electron chi connectivity index (χ4n) is 8.81. The molecule has 0 aliphatic heterocycles. The molecule has 2 nitrogen and oxygen atoms in total. The van der Waals surface area contributed by atoms with Gasteiger partial charge in [0.2, 0.25) is 0 Å². The number of hydrogen-bond acceptors (Lipinski definition) is 1. The average Bonchev–Trinajstić information content (AvgIpc) is 3.57. The van der Waals surface area contributed by atoms with Gasteiger partial charge in [-0.15, -0.1) is 16.4 Å². The SMILES string of the molecule is Bc1c(B)c(B)c(-c2ccccc2-c2c3ccccc3c(-c3ccc(-n4c(CC)nc5ccccc54)c4ccccc34)c3ccccc23)c(B)c1B.